The molecule has 0 aromatic heterocycles. The summed E-state index contributed by atoms with van der Waals surface area (Å²) < 4.78 is 12.4. The number of amides is 1. The van der Waals surface area contributed by atoms with E-state index in [2.05, 4.69) is 5.32 Å². The maximum absolute atomic E-state index is 12.4. The SMILES string of the molecule is CC(C(=O)Nc1cc(Cl)cc(Cl)c1)S(=O)Cc1ccc(C(=O)O)cc1. The first-order valence-corrected chi connectivity index (χ1v) is 9.36. The maximum atomic E-state index is 12.4. The van der Waals surface area contributed by atoms with E-state index in [9.17, 15) is 13.8 Å². The summed E-state index contributed by atoms with van der Waals surface area (Å²) in [6.07, 6.45) is 0. The minimum absolute atomic E-state index is 0.144. The van der Waals surface area contributed by atoms with E-state index in [1.165, 1.54) is 12.1 Å². The Balaban J connectivity index is 2.00. The minimum atomic E-state index is -1.47. The van der Waals surface area contributed by atoms with Crippen LogP contribution in [0.25, 0.3) is 0 Å². The molecule has 0 saturated carbocycles. The largest absolute Gasteiger partial charge is 0.478 e. The van der Waals surface area contributed by atoms with Crippen molar-refractivity contribution in [3.05, 3.63) is 63.6 Å². The first-order chi connectivity index (χ1) is 11.8. The van der Waals surface area contributed by atoms with Crippen LogP contribution in [0.2, 0.25) is 10.0 Å². The normalized spacial score (nSPS) is 13.1. The molecular formula is C17H15Cl2NO4S. The highest BCUT2D eigenvalue weighted by Gasteiger charge is 2.20. The van der Waals surface area contributed by atoms with Crippen molar-refractivity contribution in [1.82, 2.24) is 0 Å². The molecule has 0 heterocycles. The lowest BCUT2D eigenvalue weighted by atomic mass is 10.1. The topological polar surface area (TPSA) is 83.5 Å². The van der Waals surface area contributed by atoms with Crippen LogP contribution in [0.4, 0.5) is 5.69 Å². The van der Waals surface area contributed by atoms with Gasteiger partial charge >= 0.3 is 5.97 Å². The molecule has 25 heavy (non-hydrogen) atoms. The van der Waals surface area contributed by atoms with Gasteiger partial charge in [0.05, 0.1) is 5.56 Å². The third kappa shape index (κ3) is 5.56. The number of hydrogen-bond donors (Lipinski definition) is 2. The number of halogens is 2. The molecule has 2 atom stereocenters. The van der Waals surface area contributed by atoms with Crippen molar-refractivity contribution in [3.63, 3.8) is 0 Å². The van der Waals surface area contributed by atoms with E-state index in [1.54, 1.807) is 37.3 Å². The zero-order valence-electron chi connectivity index (χ0n) is 13.2. The van der Waals surface area contributed by atoms with Crippen LogP contribution in [0.15, 0.2) is 42.5 Å². The van der Waals surface area contributed by atoms with Crippen molar-refractivity contribution >= 4 is 51.6 Å². The smallest absolute Gasteiger partial charge is 0.335 e. The van der Waals surface area contributed by atoms with Crippen LogP contribution < -0.4 is 5.32 Å². The molecule has 5 nitrogen and oxygen atoms in total. The van der Waals surface area contributed by atoms with Gasteiger partial charge in [-0.2, -0.15) is 0 Å². The number of aromatic carboxylic acids is 1. The molecule has 2 N–H and O–H groups in total. The van der Waals surface area contributed by atoms with Gasteiger partial charge in [-0.1, -0.05) is 35.3 Å². The Kier molecular flexibility index (Phi) is 6.58. The van der Waals surface area contributed by atoms with Crippen molar-refractivity contribution in [1.29, 1.82) is 0 Å². The average molecular weight is 400 g/mol. The summed E-state index contributed by atoms with van der Waals surface area (Å²) in [5.41, 5.74) is 1.27. The quantitative estimate of drug-likeness (QED) is 0.769. The summed E-state index contributed by atoms with van der Waals surface area (Å²) in [5.74, 6) is -1.30. The Morgan fingerprint density at radius 3 is 2.20 bits per heavy atom. The molecule has 0 bridgehead atoms. The van der Waals surface area contributed by atoms with Gasteiger partial charge in [-0.05, 0) is 42.8 Å². The van der Waals surface area contributed by atoms with E-state index in [0.29, 0.717) is 21.3 Å². The molecule has 132 valence electrons. The van der Waals surface area contributed by atoms with Crippen LogP contribution in [0, 0.1) is 0 Å². The van der Waals surface area contributed by atoms with Gasteiger partial charge in [-0.25, -0.2) is 4.79 Å². The van der Waals surface area contributed by atoms with Gasteiger partial charge in [0, 0.05) is 32.3 Å². The number of carbonyl (C=O) groups is 2. The van der Waals surface area contributed by atoms with Crippen LogP contribution >= 0.6 is 23.2 Å². The molecule has 0 aliphatic heterocycles. The summed E-state index contributed by atoms with van der Waals surface area (Å²) in [6, 6.07) is 10.7. The Bertz CT molecular complexity index is 804. The zero-order chi connectivity index (χ0) is 18.6. The first-order valence-electron chi connectivity index (χ1n) is 7.22. The van der Waals surface area contributed by atoms with E-state index in [0.717, 1.165) is 0 Å². The molecular weight excluding hydrogens is 385 g/mol. The van der Waals surface area contributed by atoms with Crippen LogP contribution in [-0.2, 0) is 21.3 Å². The molecule has 8 heteroatoms. The molecule has 0 aliphatic carbocycles. The second-order valence-corrected chi connectivity index (χ2v) is 7.95. The summed E-state index contributed by atoms with van der Waals surface area (Å²) in [4.78, 5) is 23.1. The number of carboxylic acids is 1. The Morgan fingerprint density at radius 1 is 1.12 bits per heavy atom. The van der Waals surface area contributed by atoms with Crippen molar-refractivity contribution < 1.29 is 18.9 Å². The number of nitrogens with one attached hydrogen (secondary N) is 1. The highest BCUT2D eigenvalue weighted by Crippen LogP contribution is 2.23. The average Bonchev–Trinajstić information content (AvgIpc) is 2.53. The predicted octanol–water partition coefficient (Wildman–Crippen LogP) is 3.97. The van der Waals surface area contributed by atoms with Gasteiger partial charge in [-0.3, -0.25) is 9.00 Å². The van der Waals surface area contributed by atoms with Gasteiger partial charge in [0.15, 0.2) is 0 Å². The van der Waals surface area contributed by atoms with Gasteiger partial charge in [0.1, 0.15) is 5.25 Å². The lowest BCUT2D eigenvalue weighted by molar-refractivity contribution is -0.115. The van der Waals surface area contributed by atoms with E-state index >= 15 is 0 Å². The van der Waals surface area contributed by atoms with Crippen molar-refractivity contribution in [3.8, 4) is 0 Å². The fourth-order valence-corrected chi connectivity index (χ4v) is 3.62. The molecule has 2 rings (SSSR count). The zero-order valence-corrected chi connectivity index (χ0v) is 15.5. The Hall–Kier alpha value is -1.89. The maximum Gasteiger partial charge on any atom is 0.335 e. The minimum Gasteiger partial charge on any atom is -0.478 e. The van der Waals surface area contributed by atoms with Gasteiger partial charge in [-0.15, -0.1) is 0 Å². The van der Waals surface area contributed by atoms with Gasteiger partial charge < -0.3 is 10.4 Å². The fraction of sp³-hybridized carbons (Fsp3) is 0.176. The van der Waals surface area contributed by atoms with Crippen LogP contribution in [0.1, 0.15) is 22.8 Å². The lowest BCUT2D eigenvalue weighted by Gasteiger charge is -2.13. The predicted molar refractivity (Wildman–Crippen MR) is 99.8 cm³/mol. The Morgan fingerprint density at radius 2 is 1.68 bits per heavy atom. The third-order valence-electron chi connectivity index (χ3n) is 3.40. The lowest BCUT2D eigenvalue weighted by Crippen LogP contribution is -2.29. The van der Waals surface area contributed by atoms with Crippen molar-refractivity contribution in [2.75, 3.05) is 5.32 Å². The number of hydrogen-bond acceptors (Lipinski definition) is 3. The van der Waals surface area contributed by atoms with Crippen molar-refractivity contribution in [2.24, 2.45) is 0 Å². The molecule has 0 fully saturated rings. The number of anilines is 1. The number of benzene rings is 2. The highest BCUT2D eigenvalue weighted by atomic mass is 35.5. The molecule has 0 aliphatic rings. The van der Waals surface area contributed by atoms with E-state index in [4.69, 9.17) is 28.3 Å². The summed E-state index contributed by atoms with van der Waals surface area (Å²) in [6.45, 7) is 1.56. The van der Waals surface area contributed by atoms with Crippen LogP contribution in [-0.4, -0.2) is 26.4 Å². The van der Waals surface area contributed by atoms with E-state index in [-0.39, 0.29) is 11.3 Å². The molecule has 2 aromatic carbocycles. The fourth-order valence-electron chi connectivity index (χ4n) is 2.02. The summed E-state index contributed by atoms with van der Waals surface area (Å²) in [7, 11) is -1.47. The van der Waals surface area contributed by atoms with Crippen LogP contribution in [0.5, 0.6) is 0 Å². The summed E-state index contributed by atoms with van der Waals surface area (Å²) >= 11 is 11.8. The second kappa shape index (κ2) is 8.47. The second-order valence-electron chi connectivity index (χ2n) is 5.32. The van der Waals surface area contributed by atoms with Gasteiger partial charge in [0.2, 0.25) is 5.91 Å². The van der Waals surface area contributed by atoms with Crippen molar-refractivity contribution in [2.45, 2.75) is 17.9 Å². The molecule has 0 radical (unpaired) electrons. The molecule has 2 unspecified atom stereocenters. The number of carboxylic acid groups (broad SMARTS) is 1. The van der Waals surface area contributed by atoms with E-state index in [1.807, 2.05) is 0 Å². The molecule has 0 saturated heterocycles. The monoisotopic (exact) mass is 399 g/mol. The Labute approximate surface area is 157 Å². The molecule has 2 aromatic rings. The van der Waals surface area contributed by atoms with E-state index < -0.39 is 27.9 Å². The molecule has 1 amide bonds. The third-order valence-corrected chi connectivity index (χ3v) is 5.46. The number of carbonyl (C=O) groups excluding carboxylic acids is 1. The first kappa shape index (κ1) is 19.4. The number of rotatable bonds is 6. The summed E-state index contributed by atoms with van der Waals surface area (Å²) in [5, 5.41) is 11.5. The van der Waals surface area contributed by atoms with Crippen LogP contribution in [0.3, 0.4) is 0 Å². The standard InChI is InChI=1S/C17H15Cl2NO4S/c1-10(16(21)20-15-7-13(18)6-14(19)8-15)25(24)9-11-2-4-12(5-3-11)17(22)23/h2-8,10H,9H2,1H3,(H,20,21)(H,22,23). The van der Waals surface area contributed by atoms with Gasteiger partial charge in [0.25, 0.3) is 0 Å². The highest BCUT2D eigenvalue weighted by molar-refractivity contribution is 7.85. The molecule has 0 spiro atoms.